The zero-order valence-electron chi connectivity index (χ0n) is 10.2. The van der Waals surface area contributed by atoms with E-state index in [-0.39, 0.29) is 11.4 Å². The van der Waals surface area contributed by atoms with E-state index in [9.17, 15) is 9.18 Å². The molecule has 0 radical (unpaired) electrons. The minimum atomic E-state index is -0.551. The zero-order valence-corrected chi connectivity index (χ0v) is 10.2. The second kappa shape index (κ2) is 5.34. The summed E-state index contributed by atoms with van der Waals surface area (Å²) in [4.78, 5) is 15.6. The third kappa shape index (κ3) is 2.98. The number of benzene rings is 1. The van der Waals surface area contributed by atoms with Gasteiger partial charge < -0.3 is 15.8 Å². The van der Waals surface area contributed by atoms with Crippen molar-refractivity contribution in [2.75, 3.05) is 18.2 Å². The molecule has 0 saturated carbocycles. The second-order valence-corrected chi connectivity index (χ2v) is 3.79. The van der Waals surface area contributed by atoms with Crippen LogP contribution in [0.15, 0.2) is 36.5 Å². The maximum Gasteiger partial charge on any atom is 0.341 e. The maximum atomic E-state index is 12.8. The molecule has 0 saturated heterocycles. The van der Waals surface area contributed by atoms with E-state index < -0.39 is 5.97 Å². The van der Waals surface area contributed by atoms with Crippen LogP contribution in [0.2, 0.25) is 0 Å². The number of aromatic nitrogens is 1. The van der Waals surface area contributed by atoms with Gasteiger partial charge in [0.1, 0.15) is 17.2 Å². The first kappa shape index (κ1) is 12.8. The Bertz CT molecular complexity index is 599. The summed E-state index contributed by atoms with van der Waals surface area (Å²) < 4.78 is 17.5. The van der Waals surface area contributed by atoms with Gasteiger partial charge in [-0.15, -0.1) is 0 Å². The van der Waals surface area contributed by atoms with Crippen molar-refractivity contribution in [3.63, 3.8) is 0 Å². The van der Waals surface area contributed by atoms with Crippen LogP contribution < -0.4 is 11.1 Å². The third-order valence-corrected chi connectivity index (χ3v) is 2.42. The summed E-state index contributed by atoms with van der Waals surface area (Å²) in [6.07, 6.45) is 1.41. The van der Waals surface area contributed by atoms with Crippen LogP contribution in [0.3, 0.4) is 0 Å². The lowest BCUT2D eigenvalue weighted by Gasteiger charge is -2.10. The molecule has 0 aliphatic heterocycles. The van der Waals surface area contributed by atoms with Crippen LogP contribution in [0.25, 0.3) is 0 Å². The number of ether oxygens (including phenoxy) is 1. The van der Waals surface area contributed by atoms with E-state index in [1.165, 1.54) is 43.6 Å². The van der Waals surface area contributed by atoms with Crippen molar-refractivity contribution in [3.8, 4) is 0 Å². The summed E-state index contributed by atoms with van der Waals surface area (Å²) in [7, 11) is 1.27. The number of anilines is 3. The number of hydrogen-bond acceptors (Lipinski definition) is 5. The van der Waals surface area contributed by atoms with E-state index in [0.717, 1.165) is 0 Å². The van der Waals surface area contributed by atoms with E-state index in [0.29, 0.717) is 17.2 Å². The fourth-order valence-electron chi connectivity index (χ4n) is 1.52. The monoisotopic (exact) mass is 261 g/mol. The Kier molecular flexibility index (Phi) is 3.61. The number of nitrogen functional groups attached to an aromatic ring is 1. The molecule has 2 rings (SSSR count). The van der Waals surface area contributed by atoms with Gasteiger partial charge >= 0.3 is 5.97 Å². The number of rotatable bonds is 3. The smallest absolute Gasteiger partial charge is 0.341 e. The van der Waals surface area contributed by atoms with Gasteiger partial charge in [0.2, 0.25) is 0 Å². The maximum absolute atomic E-state index is 12.8. The van der Waals surface area contributed by atoms with E-state index in [2.05, 4.69) is 15.0 Å². The topological polar surface area (TPSA) is 77.2 Å². The van der Waals surface area contributed by atoms with Crippen molar-refractivity contribution >= 4 is 23.2 Å². The van der Waals surface area contributed by atoms with Gasteiger partial charge in [-0.1, -0.05) is 0 Å². The third-order valence-electron chi connectivity index (χ3n) is 2.42. The van der Waals surface area contributed by atoms with Gasteiger partial charge in [-0.3, -0.25) is 0 Å². The molecule has 0 bridgehead atoms. The Morgan fingerprint density at radius 2 is 2.05 bits per heavy atom. The molecule has 19 heavy (non-hydrogen) atoms. The molecular formula is C13H12FN3O2. The number of pyridine rings is 1. The summed E-state index contributed by atoms with van der Waals surface area (Å²) in [5, 5.41) is 2.91. The number of carbonyl (C=O) groups excluding carboxylic acids is 1. The predicted octanol–water partition coefficient (Wildman–Crippen LogP) is 2.33. The summed E-state index contributed by atoms with van der Waals surface area (Å²) >= 11 is 0. The molecular weight excluding hydrogens is 249 g/mol. The van der Waals surface area contributed by atoms with Gasteiger partial charge in [0.25, 0.3) is 0 Å². The highest BCUT2D eigenvalue weighted by molar-refractivity contribution is 5.96. The number of hydrogen-bond donors (Lipinski definition) is 2. The molecule has 0 aliphatic rings. The first-order valence-electron chi connectivity index (χ1n) is 5.46. The van der Waals surface area contributed by atoms with Crippen molar-refractivity contribution in [2.24, 2.45) is 0 Å². The fraction of sp³-hybridized carbons (Fsp3) is 0.0769. The van der Waals surface area contributed by atoms with Crippen LogP contribution in [0, 0.1) is 5.82 Å². The largest absolute Gasteiger partial charge is 0.465 e. The normalized spacial score (nSPS) is 10.0. The Labute approximate surface area is 109 Å². The Balaban J connectivity index is 2.34. The number of nitrogens with zero attached hydrogens (tertiary/aromatic N) is 1. The minimum absolute atomic E-state index is 0.215. The molecule has 1 aromatic heterocycles. The Hall–Kier alpha value is -2.63. The van der Waals surface area contributed by atoms with Gasteiger partial charge in [0.05, 0.1) is 19.0 Å². The van der Waals surface area contributed by atoms with Gasteiger partial charge in [0, 0.05) is 5.69 Å². The molecule has 5 nitrogen and oxygen atoms in total. The first-order valence-corrected chi connectivity index (χ1v) is 5.46. The second-order valence-electron chi connectivity index (χ2n) is 3.79. The fourth-order valence-corrected chi connectivity index (χ4v) is 1.52. The first-order chi connectivity index (χ1) is 9.10. The molecule has 0 unspecified atom stereocenters. The average molecular weight is 261 g/mol. The molecule has 98 valence electrons. The molecule has 0 fully saturated rings. The number of nitrogens with two attached hydrogens (primary N) is 1. The van der Waals surface area contributed by atoms with Crippen LogP contribution in [-0.4, -0.2) is 18.1 Å². The summed E-state index contributed by atoms with van der Waals surface area (Å²) in [5.74, 6) is -0.596. The molecule has 0 spiro atoms. The molecule has 2 aromatic rings. The van der Waals surface area contributed by atoms with Crippen molar-refractivity contribution in [2.45, 2.75) is 0 Å². The molecule has 0 aliphatic carbocycles. The average Bonchev–Trinajstić information content (AvgIpc) is 2.42. The minimum Gasteiger partial charge on any atom is -0.465 e. The Morgan fingerprint density at radius 3 is 2.68 bits per heavy atom. The number of nitrogens with one attached hydrogen (secondary N) is 1. The van der Waals surface area contributed by atoms with Crippen LogP contribution in [0.1, 0.15) is 10.4 Å². The number of halogens is 1. The number of carbonyl (C=O) groups is 1. The van der Waals surface area contributed by atoms with Crippen molar-refractivity contribution in [1.29, 1.82) is 0 Å². The van der Waals surface area contributed by atoms with E-state index in [4.69, 9.17) is 5.73 Å². The van der Waals surface area contributed by atoms with Gasteiger partial charge in [0.15, 0.2) is 0 Å². The standard InChI is InChI=1S/C13H12FN3O2/c1-19-13(18)11-6-9(15)7-16-12(11)17-10-4-2-8(14)3-5-10/h2-7H,15H2,1H3,(H,16,17). The van der Waals surface area contributed by atoms with Crippen molar-refractivity contribution < 1.29 is 13.9 Å². The number of methoxy groups -OCH3 is 1. The highest BCUT2D eigenvalue weighted by Gasteiger charge is 2.14. The molecule has 1 aromatic carbocycles. The van der Waals surface area contributed by atoms with Crippen LogP contribution in [0.5, 0.6) is 0 Å². The summed E-state index contributed by atoms with van der Waals surface area (Å²) in [5.41, 5.74) is 6.75. The summed E-state index contributed by atoms with van der Waals surface area (Å²) in [6.45, 7) is 0. The quantitative estimate of drug-likeness (QED) is 0.829. The predicted molar refractivity (Wildman–Crippen MR) is 69.7 cm³/mol. The van der Waals surface area contributed by atoms with Gasteiger partial charge in [-0.05, 0) is 30.3 Å². The lowest BCUT2D eigenvalue weighted by atomic mass is 10.2. The van der Waals surface area contributed by atoms with E-state index in [1.54, 1.807) is 0 Å². The molecule has 3 N–H and O–H groups in total. The van der Waals surface area contributed by atoms with Crippen molar-refractivity contribution in [3.05, 3.63) is 47.9 Å². The zero-order chi connectivity index (χ0) is 13.8. The van der Waals surface area contributed by atoms with Crippen LogP contribution in [-0.2, 0) is 4.74 Å². The van der Waals surface area contributed by atoms with E-state index >= 15 is 0 Å². The Morgan fingerprint density at radius 1 is 1.37 bits per heavy atom. The number of esters is 1. The van der Waals surface area contributed by atoms with Gasteiger partial charge in [-0.25, -0.2) is 14.2 Å². The van der Waals surface area contributed by atoms with Gasteiger partial charge in [-0.2, -0.15) is 0 Å². The van der Waals surface area contributed by atoms with Crippen LogP contribution in [0.4, 0.5) is 21.6 Å². The lowest BCUT2D eigenvalue weighted by Crippen LogP contribution is -2.08. The molecule has 6 heteroatoms. The molecule has 1 heterocycles. The highest BCUT2D eigenvalue weighted by atomic mass is 19.1. The lowest BCUT2D eigenvalue weighted by molar-refractivity contribution is 0.0601. The molecule has 0 amide bonds. The summed E-state index contributed by atoms with van der Waals surface area (Å²) in [6, 6.07) is 7.14. The highest BCUT2D eigenvalue weighted by Crippen LogP contribution is 2.21. The van der Waals surface area contributed by atoms with E-state index in [1.807, 2.05) is 0 Å². The van der Waals surface area contributed by atoms with Crippen molar-refractivity contribution in [1.82, 2.24) is 4.98 Å². The van der Waals surface area contributed by atoms with Crippen LogP contribution >= 0.6 is 0 Å². The SMILES string of the molecule is COC(=O)c1cc(N)cnc1Nc1ccc(F)cc1. The molecule has 0 atom stereocenters.